The van der Waals surface area contributed by atoms with Crippen molar-refractivity contribution >= 4 is 5.96 Å². The predicted molar refractivity (Wildman–Crippen MR) is 75.6 cm³/mol. The summed E-state index contributed by atoms with van der Waals surface area (Å²) in [5.41, 5.74) is 1.08. The molecule has 1 aromatic rings. The van der Waals surface area contributed by atoms with E-state index < -0.39 is 0 Å². The number of fused-ring (bicyclic) bond motifs is 1. The standard InChI is InChI=1S/C14H19N3O2/c1-3-7-16-14(15-4-2)17-9-11-5-6-12-13(8-11)19-10-18-12/h3,5-6,8H,1,4,7,9-10H2,2H3,(H2,15,16,17). The molecule has 0 unspecified atom stereocenters. The molecule has 0 aliphatic carbocycles. The van der Waals surface area contributed by atoms with Crippen LogP contribution in [0.3, 0.4) is 0 Å². The summed E-state index contributed by atoms with van der Waals surface area (Å²) in [5, 5.41) is 6.33. The number of hydrogen-bond acceptors (Lipinski definition) is 3. The molecule has 5 heteroatoms. The van der Waals surface area contributed by atoms with Crippen LogP contribution in [0.1, 0.15) is 12.5 Å². The molecule has 0 amide bonds. The van der Waals surface area contributed by atoms with Gasteiger partial charge >= 0.3 is 0 Å². The maximum absolute atomic E-state index is 5.34. The molecule has 1 heterocycles. The first-order valence-electron chi connectivity index (χ1n) is 6.35. The Balaban J connectivity index is 2.00. The van der Waals surface area contributed by atoms with Crippen molar-refractivity contribution in [1.29, 1.82) is 0 Å². The number of nitrogens with one attached hydrogen (secondary N) is 2. The third-order valence-electron chi connectivity index (χ3n) is 2.61. The molecule has 0 bridgehead atoms. The Morgan fingerprint density at radius 2 is 2.21 bits per heavy atom. The van der Waals surface area contributed by atoms with Gasteiger partial charge in [0.2, 0.25) is 6.79 Å². The Kier molecular flexibility index (Phi) is 4.66. The fraction of sp³-hybridized carbons (Fsp3) is 0.357. The van der Waals surface area contributed by atoms with Crippen LogP contribution in [0.2, 0.25) is 0 Å². The van der Waals surface area contributed by atoms with Crippen molar-refractivity contribution in [2.75, 3.05) is 19.9 Å². The summed E-state index contributed by atoms with van der Waals surface area (Å²) in [7, 11) is 0. The summed E-state index contributed by atoms with van der Waals surface area (Å²) in [6.07, 6.45) is 1.80. The lowest BCUT2D eigenvalue weighted by Gasteiger charge is -2.09. The van der Waals surface area contributed by atoms with Crippen LogP contribution < -0.4 is 20.1 Å². The van der Waals surface area contributed by atoms with Crippen molar-refractivity contribution in [3.8, 4) is 11.5 Å². The van der Waals surface area contributed by atoms with E-state index in [0.29, 0.717) is 19.9 Å². The van der Waals surface area contributed by atoms with Gasteiger partial charge in [-0.15, -0.1) is 6.58 Å². The van der Waals surface area contributed by atoms with Crippen LogP contribution in [0.15, 0.2) is 35.8 Å². The van der Waals surface area contributed by atoms with E-state index in [1.165, 1.54) is 0 Å². The third-order valence-corrected chi connectivity index (χ3v) is 2.61. The summed E-state index contributed by atoms with van der Waals surface area (Å²) in [4.78, 5) is 4.50. The first kappa shape index (κ1) is 13.3. The number of benzene rings is 1. The average Bonchev–Trinajstić information content (AvgIpc) is 2.89. The van der Waals surface area contributed by atoms with E-state index in [0.717, 1.165) is 29.6 Å². The van der Waals surface area contributed by atoms with Crippen LogP contribution in [-0.4, -0.2) is 25.8 Å². The number of aliphatic imine (C=N–C) groups is 1. The normalized spacial score (nSPS) is 13.2. The minimum atomic E-state index is 0.297. The Bertz CT molecular complexity index is 472. The van der Waals surface area contributed by atoms with Crippen molar-refractivity contribution in [2.45, 2.75) is 13.5 Å². The molecule has 1 aliphatic rings. The van der Waals surface area contributed by atoms with Gasteiger partial charge in [0.15, 0.2) is 17.5 Å². The van der Waals surface area contributed by atoms with Gasteiger partial charge in [0.1, 0.15) is 0 Å². The van der Waals surface area contributed by atoms with E-state index in [9.17, 15) is 0 Å². The van der Waals surface area contributed by atoms with Crippen LogP contribution in [-0.2, 0) is 6.54 Å². The number of hydrogen-bond donors (Lipinski definition) is 2. The van der Waals surface area contributed by atoms with E-state index in [4.69, 9.17) is 9.47 Å². The highest BCUT2D eigenvalue weighted by molar-refractivity contribution is 5.79. The molecule has 2 rings (SSSR count). The lowest BCUT2D eigenvalue weighted by molar-refractivity contribution is 0.174. The molecule has 19 heavy (non-hydrogen) atoms. The molecule has 1 aromatic carbocycles. The highest BCUT2D eigenvalue weighted by Gasteiger charge is 2.12. The number of guanidine groups is 1. The molecule has 0 fully saturated rings. The maximum atomic E-state index is 5.34. The lowest BCUT2D eigenvalue weighted by atomic mass is 10.2. The van der Waals surface area contributed by atoms with E-state index in [2.05, 4.69) is 22.2 Å². The van der Waals surface area contributed by atoms with E-state index in [1.54, 1.807) is 6.08 Å². The first-order valence-corrected chi connectivity index (χ1v) is 6.35. The minimum absolute atomic E-state index is 0.297. The first-order chi connectivity index (χ1) is 9.33. The van der Waals surface area contributed by atoms with E-state index >= 15 is 0 Å². The van der Waals surface area contributed by atoms with Gasteiger partial charge in [0.05, 0.1) is 6.54 Å². The highest BCUT2D eigenvalue weighted by atomic mass is 16.7. The second-order valence-corrected chi connectivity index (χ2v) is 4.05. The molecule has 0 atom stereocenters. The summed E-state index contributed by atoms with van der Waals surface area (Å²) in [6.45, 7) is 8.10. The van der Waals surface area contributed by atoms with Gasteiger partial charge < -0.3 is 20.1 Å². The van der Waals surface area contributed by atoms with Crippen molar-refractivity contribution in [3.05, 3.63) is 36.4 Å². The van der Waals surface area contributed by atoms with Crippen LogP contribution >= 0.6 is 0 Å². The number of nitrogens with zero attached hydrogens (tertiary/aromatic N) is 1. The van der Waals surface area contributed by atoms with Gasteiger partial charge in [-0.05, 0) is 24.6 Å². The summed E-state index contributed by atoms with van der Waals surface area (Å²) >= 11 is 0. The van der Waals surface area contributed by atoms with Crippen LogP contribution in [0.4, 0.5) is 0 Å². The van der Waals surface area contributed by atoms with Crippen molar-refractivity contribution in [2.24, 2.45) is 4.99 Å². The lowest BCUT2D eigenvalue weighted by Crippen LogP contribution is -2.37. The monoisotopic (exact) mass is 261 g/mol. The predicted octanol–water partition coefficient (Wildman–Crippen LogP) is 1.66. The van der Waals surface area contributed by atoms with Crippen LogP contribution in [0, 0.1) is 0 Å². The fourth-order valence-corrected chi connectivity index (χ4v) is 1.72. The summed E-state index contributed by atoms with van der Waals surface area (Å²) in [5.74, 6) is 2.36. The third kappa shape index (κ3) is 3.64. The van der Waals surface area contributed by atoms with Crippen molar-refractivity contribution in [3.63, 3.8) is 0 Å². The second-order valence-electron chi connectivity index (χ2n) is 4.05. The molecule has 0 saturated heterocycles. The summed E-state index contributed by atoms with van der Waals surface area (Å²) in [6, 6.07) is 5.87. The molecule has 5 nitrogen and oxygen atoms in total. The Labute approximate surface area is 113 Å². The zero-order chi connectivity index (χ0) is 13.5. The quantitative estimate of drug-likeness (QED) is 0.481. The average molecular weight is 261 g/mol. The van der Waals surface area contributed by atoms with Gasteiger partial charge in [-0.3, -0.25) is 0 Å². The van der Waals surface area contributed by atoms with Crippen LogP contribution in [0.5, 0.6) is 11.5 Å². The fourth-order valence-electron chi connectivity index (χ4n) is 1.72. The molecule has 0 aromatic heterocycles. The smallest absolute Gasteiger partial charge is 0.231 e. The number of ether oxygens (including phenoxy) is 2. The molecule has 2 N–H and O–H groups in total. The van der Waals surface area contributed by atoms with E-state index in [1.807, 2.05) is 25.1 Å². The van der Waals surface area contributed by atoms with Crippen molar-refractivity contribution in [1.82, 2.24) is 10.6 Å². The Morgan fingerprint density at radius 1 is 1.37 bits per heavy atom. The SMILES string of the molecule is C=CCNC(=NCc1ccc2c(c1)OCO2)NCC. The maximum Gasteiger partial charge on any atom is 0.231 e. The number of rotatable bonds is 5. The molecule has 0 saturated carbocycles. The van der Waals surface area contributed by atoms with Gasteiger partial charge in [0, 0.05) is 13.1 Å². The minimum Gasteiger partial charge on any atom is -0.454 e. The van der Waals surface area contributed by atoms with E-state index in [-0.39, 0.29) is 0 Å². The Hall–Kier alpha value is -2.17. The molecule has 1 aliphatic heterocycles. The topological polar surface area (TPSA) is 54.9 Å². The second kappa shape index (κ2) is 6.68. The molecular formula is C14H19N3O2. The molecule has 0 radical (unpaired) electrons. The molecule has 102 valence electrons. The van der Waals surface area contributed by atoms with Gasteiger partial charge in [-0.2, -0.15) is 0 Å². The van der Waals surface area contributed by atoms with Crippen LogP contribution in [0.25, 0.3) is 0 Å². The van der Waals surface area contributed by atoms with Gasteiger partial charge in [0.25, 0.3) is 0 Å². The molecule has 0 spiro atoms. The Morgan fingerprint density at radius 3 is 3.00 bits per heavy atom. The van der Waals surface area contributed by atoms with Gasteiger partial charge in [-0.1, -0.05) is 12.1 Å². The largest absolute Gasteiger partial charge is 0.454 e. The zero-order valence-corrected chi connectivity index (χ0v) is 11.1. The van der Waals surface area contributed by atoms with Gasteiger partial charge in [-0.25, -0.2) is 4.99 Å². The summed E-state index contributed by atoms with van der Waals surface area (Å²) < 4.78 is 10.6. The zero-order valence-electron chi connectivity index (χ0n) is 11.1. The van der Waals surface area contributed by atoms with Crippen molar-refractivity contribution < 1.29 is 9.47 Å². The highest BCUT2D eigenvalue weighted by Crippen LogP contribution is 2.32. The molecular weight excluding hydrogens is 242 g/mol.